The van der Waals surface area contributed by atoms with E-state index in [0.717, 1.165) is 24.1 Å². The maximum absolute atomic E-state index is 13.3. The first-order chi connectivity index (χ1) is 8.61. The van der Waals surface area contributed by atoms with Gasteiger partial charge in [-0.05, 0) is 19.3 Å². The Labute approximate surface area is 102 Å². The molecule has 2 aliphatic carbocycles. The number of fused-ring (bicyclic) bond motifs is 4. The standard InChI is InChI=1S/C12H11FN4O/c13-8-3-9-15-5-7-6(11(14)18)4-12(1-2-12)10(7)17(9)16-8/h3,5-6H,1-2,4H2,(H2,14,18). The van der Waals surface area contributed by atoms with Crippen LogP contribution in [-0.2, 0) is 10.2 Å². The predicted molar refractivity (Wildman–Crippen MR) is 60.4 cm³/mol. The third-order valence-electron chi connectivity index (χ3n) is 4.15. The van der Waals surface area contributed by atoms with E-state index in [0.29, 0.717) is 12.1 Å². The van der Waals surface area contributed by atoms with Crippen molar-refractivity contribution in [3.8, 4) is 0 Å². The molecule has 4 rings (SSSR count). The van der Waals surface area contributed by atoms with E-state index in [1.54, 1.807) is 10.7 Å². The first kappa shape index (κ1) is 9.99. The molecule has 2 aliphatic rings. The molecule has 2 N–H and O–H groups in total. The third kappa shape index (κ3) is 1.07. The molecule has 0 aromatic carbocycles. The average molecular weight is 246 g/mol. The second kappa shape index (κ2) is 2.88. The Kier molecular flexibility index (Phi) is 1.60. The van der Waals surface area contributed by atoms with E-state index in [1.165, 1.54) is 6.07 Å². The maximum Gasteiger partial charge on any atom is 0.235 e. The summed E-state index contributed by atoms with van der Waals surface area (Å²) in [6.45, 7) is 0. The van der Waals surface area contributed by atoms with Crippen LogP contribution in [-0.4, -0.2) is 20.5 Å². The molecule has 0 aliphatic heterocycles. The SMILES string of the molecule is NC(=O)C1CC2(CC2)c2c1cnc1cc(F)nn21. The van der Waals surface area contributed by atoms with Crippen LogP contribution in [0.2, 0.25) is 0 Å². The molecular formula is C12H11FN4O. The van der Waals surface area contributed by atoms with Gasteiger partial charge < -0.3 is 5.73 Å². The van der Waals surface area contributed by atoms with Gasteiger partial charge in [-0.1, -0.05) is 0 Å². The van der Waals surface area contributed by atoms with Crippen LogP contribution in [0.4, 0.5) is 4.39 Å². The van der Waals surface area contributed by atoms with Gasteiger partial charge in [0.2, 0.25) is 11.9 Å². The number of hydrogen-bond acceptors (Lipinski definition) is 3. The predicted octanol–water partition coefficient (Wildman–Crippen LogP) is 0.873. The summed E-state index contributed by atoms with van der Waals surface area (Å²) in [4.78, 5) is 15.7. The maximum atomic E-state index is 13.3. The lowest BCUT2D eigenvalue weighted by atomic mass is 10.00. The third-order valence-corrected chi connectivity index (χ3v) is 4.15. The molecular weight excluding hydrogens is 235 g/mol. The molecule has 92 valence electrons. The summed E-state index contributed by atoms with van der Waals surface area (Å²) >= 11 is 0. The fourth-order valence-electron chi connectivity index (χ4n) is 3.15. The topological polar surface area (TPSA) is 73.3 Å². The van der Waals surface area contributed by atoms with Crippen molar-refractivity contribution in [2.45, 2.75) is 30.6 Å². The lowest BCUT2D eigenvalue weighted by Gasteiger charge is -2.08. The van der Waals surface area contributed by atoms with Crippen LogP contribution in [0.5, 0.6) is 0 Å². The van der Waals surface area contributed by atoms with Crippen molar-refractivity contribution < 1.29 is 9.18 Å². The van der Waals surface area contributed by atoms with Crippen molar-refractivity contribution in [3.63, 3.8) is 0 Å². The zero-order valence-electron chi connectivity index (χ0n) is 9.56. The van der Waals surface area contributed by atoms with Crippen LogP contribution in [0.25, 0.3) is 5.65 Å². The van der Waals surface area contributed by atoms with E-state index < -0.39 is 5.95 Å². The minimum absolute atomic E-state index is 0.0331. The zero-order valence-corrected chi connectivity index (χ0v) is 9.56. The number of nitrogens with zero attached hydrogens (tertiary/aromatic N) is 3. The minimum Gasteiger partial charge on any atom is -0.369 e. The van der Waals surface area contributed by atoms with E-state index in [1.807, 2.05) is 0 Å². The van der Waals surface area contributed by atoms with Crippen LogP contribution >= 0.6 is 0 Å². The van der Waals surface area contributed by atoms with Gasteiger partial charge in [0.25, 0.3) is 0 Å². The fraction of sp³-hybridized carbons (Fsp3) is 0.417. The van der Waals surface area contributed by atoms with Crippen molar-refractivity contribution in [3.05, 3.63) is 29.5 Å². The molecule has 1 atom stereocenters. The van der Waals surface area contributed by atoms with Crippen molar-refractivity contribution in [2.24, 2.45) is 5.73 Å². The molecule has 0 bridgehead atoms. The molecule has 6 heteroatoms. The summed E-state index contributed by atoms with van der Waals surface area (Å²) in [5, 5.41) is 3.85. The minimum atomic E-state index is -0.547. The number of halogens is 1. The molecule has 5 nitrogen and oxygen atoms in total. The van der Waals surface area contributed by atoms with Crippen LogP contribution in [0.1, 0.15) is 36.4 Å². The van der Waals surface area contributed by atoms with E-state index in [4.69, 9.17) is 5.73 Å². The lowest BCUT2D eigenvalue weighted by molar-refractivity contribution is -0.119. The second-order valence-electron chi connectivity index (χ2n) is 5.24. The van der Waals surface area contributed by atoms with Gasteiger partial charge in [-0.2, -0.15) is 4.39 Å². The Morgan fingerprint density at radius 2 is 2.33 bits per heavy atom. The number of carbonyl (C=O) groups is 1. The van der Waals surface area contributed by atoms with Gasteiger partial charge in [0.05, 0.1) is 11.6 Å². The van der Waals surface area contributed by atoms with Crippen molar-refractivity contribution in [1.29, 1.82) is 0 Å². The Morgan fingerprint density at radius 1 is 1.56 bits per heavy atom. The van der Waals surface area contributed by atoms with Gasteiger partial charge in [-0.15, -0.1) is 5.10 Å². The molecule has 1 saturated carbocycles. The first-order valence-corrected chi connectivity index (χ1v) is 5.95. The van der Waals surface area contributed by atoms with Crippen LogP contribution in [0, 0.1) is 5.95 Å². The van der Waals surface area contributed by atoms with Crippen molar-refractivity contribution in [1.82, 2.24) is 14.6 Å². The first-order valence-electron chi connectivity index (χ1n) is 5.95. The van der Waals surface area contributed by atoms with Crippen LogP contribution < -0.4 is 5.73 Å². The van der Waals surface area contributed by atoms with Crippen LogP contribution in [0.15, 0.2) is 12.3 Å². The molecule has 1 amide bonds. The number of primary amides is 1. The lowest BCUT2D eigenvalue weighted by Crippen LogP contribution is -2.20. The highest BCUT2D eigenvalue weighted by Crippen LogP contribution is 2.60. The summed E-state index contributed by atoms with van der Waals surface area (Å²) in [6.07, 6.45) is 4.36. The Bertz CT molecular complexity index is 689. The van der Waals surface area contributed by atoms with Gasteiger partial charge in [0, 0.05) is 23.2 Å². The molecule has 2 aromatic rings. The fourth-order valence-corrected chi connectivity index (χ4v) is 3.15. The van der Waals surface area contributed by atoms with E-state index in [9.17, 15) is 9.18 Å². The average Bonchev–Trinajstić information content (AvgIpc) is 2.85. The molecule has 0 saturated heterocycles. The highest BCUT2D eigenvalue weighted by Gasteiger charge is 2.55. The highest BCUT2D eigenvalue weighted by molar-refractivity contribution is 5.84. The molecule has 1 fully saturated rings. The second-order valence-corrected chi connectivity index (χ2v) is 5.24. The monoisotopic (exact) mass is 246 g/mol. The number of hydrogen-bond donors (Lipinski definition) is 1. The Balaban J connectivity index is 2.05. The van der Waals surface area contributed by atoms with E-state index in [-0.39, 0.29) is 17.2 Å². The largest absolute Gasteiger partial charge is 0.369 e. The normalized spacial score (nSPS) is 23.5. The van der Waals surface area contributed by atoms with E-state index in [2.05, 4.69) is 10.1 Å². The quantitative estimate of drug-likeness (QED) is 0.811. The Hall–Kier alpha value is -1.98. The number of nitrogens with two attached hydrogens (primary N) is 1. The molecule has 0 radical (unpaired) electrons. The Morgan fingerprint density at radius 3 is 3.00 bits per heavy atom. The van der Waals surface area contributed by atoms with Gasteiger partial charge in [-0.3, -0.25) is 4.79 Å². The summed E-state index contributed by atoms with van der Waals surface area (Å²) in [5.41, 5.74) is 7.64. The summed E-state index contributed by atoms with van der Waals surface area (Å²) in [5.74, 6) is -1.20. The van der Waals surface area contributed by atoms with Crippen molar-refractivity contribution in [2.75, 3.05) is 0 Å². The van der Waals surface area contributed by atoms with E-state index >= 15 is 0 Å². The van der Waals surface area contributed by atoms with Gasteiger partial charge in [0.1, 0.15) is 0 Å². The van der Waals surface area contributed by atoms with Gasteiger partial charge >= 0.3 is 0 Å². The molecule has 2 heterocycles. The zero-order chi connectivity index (χ0) is 12.5. The number of aromatic nitrogens is 3. The molecule has 18 heavy (non-hydrogen) atoms. The summed E-state index contributed by atoms with van der Waals surface area (Å²) < 4.78 is 14.8. The summed E-state index contributed by atoms with van der Waals surface area (Å²) in [7, 11) is 0. The van der Waals surface area contributed by atoms with Gasteiger partial charge in [0.15, 0.2) is 5.65 Å². The smallest absolute Gasteiger partial charge is 0.235 e. The highest BCUT2D eigenvalue weighted by atomic mass is 19.1. The molecule has 1 spiro atoms. The molecule has 2 aromatic heterocycles. The number of rotatable bonds is 1. The number of amides is 1. The molecule has 1 unspecified atom stereocenters. The van der Waals surface area contributed by atoms with Gasteiger partial charge in [-0.25, -0.2) is 9.50 Å². The van der Waals surface area contributed by atoms with Crippen LogP contribution in [0.3, 0.4) is 0 Å². The summed E-state index contributed by atoms with van der Waals surface area (Å²) in [6, 6.07) is 1.30. The number of carbonyl (C=O) groups excluding carboxylic acids is 1. The van der Waals surface area contributed by atoms with Crippen molar-refractivity contribution >= 4 is 11.6 Å².